The first-order valence-electron chi connectivity index (χ1n) is 6.67. The lowest BCUT2D eigenvalue weighted by molar-refractivity contribution is 0.296. The van der Waals surface area contributed by atoms with E-state index in [4.69, 9.17) is 21.1 Å². The van der Waals surface area contributed by atoms with Crippen molar-refractivity contribution in [3.8, 4) is 11.5 Å². The van der Waals surface area contributed by atoms with Crippen LogP contribution in [0.25, 0.3) is 0 Å². The van der Waals surface area contributed by atoms with E-state index >= 15 is 0 Å². The standard InChI is InChI=1S/C14H18ClNO2/c15-11-9-14-13(17-6-3-7-18-14)8-10(11)12-4-1-2-5-16-12/h8-9,12,16H,1-7H2. The van der Waals surface area contributed by atoms with Crippen molar-refractivity contribution in [2.45, 2.75) is 31.7 Å². The van der Waals surface area contributed by atoms with E-state index in [-0.39, 0.29) is 0 Å². The molecule has 1 fully saturated rings. The number of halogens is 1. The van der Waals surface area contributed by atoms with Crippen LogP contribution in [0.1, 0.15) is 37.3 Å². The predicted octanol–water partition coefficient (Wildman–Crippen LogP) is 3.32. The average molecular weight is 268 g/mol. The SMILES string of the molecule is Clc1cc2c(cc1C1CCCCN1)OCCCO2. The van der Waals surface area contributed by atoms with Crippen LogP contribution in [0.2, 0.25) is 5.02 Å². The molecule has 0 amide bonds. The van der Waals surface area contributed by atoms with Crippen molar-refractivity contribution in [3.63, 3.8) is 0 Å². The molecule has 1 N–H and O–H groups in total. The van der Waals surface area contributed by atoms with E-state index in [0.29, 0.717) is 19.3 Å². The van der Waals surface area contributed by atoms with Crippen LogP contribution in [0.3, 0.4) is 0 Å². The fraction of sp³-hybridized carbons (Fsp3) is 0.571. The summed E-state index contributed by atoms with van der Waals surface area (Å²) in [5.41, 5.74) is 1.14. The van der Waals surface area contributed by atoms with Gasteiger partial charge in [0.1, 0.15) is 0 Å². The Balaban J connectivity index is 1.92. The lowest BCUT2D eigenvalue weighted by Crippen LogP contribution is -2.27. The highest BCUT2D eigenvalue weighted by Crippen LogP contribution is 2.39. The smallest absolute Gasteiger partial charge is 0.162 e. The third-order valence-electron chi connectivity index (χ3n) is 3.55. The summed E-state index contributed by atoms with van der Waals surface area (Å²) in [4.78, 5) is 0. The average Bonchev–Trinajstić information content (AvgIpc) is 2.63. The maximum Gasteiger partial charge on any atom is 0.162 e. The summed E-state index contributed by atoms with van der Waals surface area (Å²) in [7, 11) is 0. The van der Waals surface area contributed by atoms with Crippen molar-refractivity contribution in [1.29, 1.82) is 0 Å². The van der Waals surface area contributed by atoms with Crippen molar-refractivity contribution in [2.24, 2.45) is 0 Å². The van der Waals surface area contributed by atoms with Crippen LogP contribution in [-0.4, -0.2) is 19.8 Å². The molecule has 98 valence electrons. The number of nitrogens with one attached hydrogen (secondary N) is 1. The quantitative estimate of drug-likeness (QED) is 0.847. The predicted molar refractivity (Wildman–Crippen MR) is 71.7 cm³/mol. The topological polar surface area (TPSA) is 30.5 Å². The minimum absolute atomic E-state index is 0.350. The van der Waals surface area contributed by atoms with E-state index in [9.17, 15) is 0 Å². The molecule has 1 atom stereocenters. The molecule has 1 aromatic carbocycles. The molecule has 18 heavy (non-hydrogen) atoms. The molecule has 0 saturated carbocycles. The minimum atomic E-state index is 0.350. The van der Waals surface area contributed by atoms with Crippen molar-refractivity contribution in [3.05, 3.63) is 22.7 Å². The molecule has 0 aromatic heterocycles. The second-order valence-electron chi connectivity index (χ2n) is 4.87. The largest absolute Gasteiger partial charge is 0.490 e. The number of fused-ring (bicyclic) bond motifs is 1. The minimum Gasteiger partial charge on any atom is -0.490 e. The lowest BCUT2D eigenvalue weighted by atomic mass is 9.97. The van der Waals surface area contributed by atoms with Gasteiger partial charge in [-0.15, -0.1) is 0 Å². The van der Waals surface area contributed by atoms with Crippen molar-refractivity contribution in [2.75, 3.05) is 19.8 Å². The molecule has 2 aliphatic rings. The van der Waals surface area contributed by atoms with Gasteiger partial charge in [0.05, 0.1) is 13.2 Å². The molecule has 0 bridgehead atoms. The first kappa shape index (κ1) is 12.1. The van der Waals surface area contributed by atoms with E-state index in [1.165, 1.54) is 12.8 Å². The molecule has 3 nitrogen and oxygen atoms in total. The third kappa shape index (κ3) is 2.43. The van der Waals surface area contributed by atoms with E-state index in [1.807, 2.05) is 12.1 Å². The summed E-state index contributed by atoms with van der Waals surface area (Å²) >= 11 is 6.37. The van der Waals surface area contributed by atoms with Gasteiger partial charge < -0.3 is 14.8 Å². The Morgan fingerprint density at radius 3 is 2.56 bits per heavy atom. The Hall–Kier alpha value is -0.930. The van der Waals surface area contributed by atoms with Gasteiger partial charge in [0, 0.05) is 23.6 Å². The van der Waals surface area contributed by atoms with E-state index in [0.717, 1.165) is 41.5 Å². The summed E-state index contributed by atoms with van der Waals surface area (Å²) in [5, 5.41) is 4.29. The molecule has 0 spiro atoms. The zero-order valence-corrected chi connectivity index (χ0v) is 11.1. The molecule has 4 heteroatoms. The molecule has 3 rings (SSSR count). The van der Waals surface area contributed by atoms with Gasteiger partial charge in [0.15, 0.2) is 11.5 Å². The van der Waals surface area contributed by atoms with E-state index < -0.39 is 0 Å². The van der Waals surface area contributed by atoms with Crippen molar-refractivity contribution >= 4 is 11.6 Å². The van der Waals surface area contributed by atoms with Gasteiger partial charge in [-0.05, 0) is 31.0 Å². The van der Waals surface area contributed by atoms with Gasteiger partial charge in [-0.3, -0.25) is 0 Å². The molecular formula is C14H18ClNO2. The van der Waals surface area contributed by atoms with Crippen LogP contribution in [-0.2, 0) is 0 Å². The second kappa shape index (κ2) is 5.37. The molecule has 1 saturated heterocycles. The Kier molecular flexibility index (Phi) is 3.62. The maximum atomic E-state index is 6.37. The molecule has 1 unspecified atom stereocenters. The highest BCUT2D eigenvalue weighted by atomic mass is 35.5. The first-order chi connectivity index (χ1) is 8.84. The summed E-state index contributed by atoms with van der Waals surface area (Å²) in [5.74, 6) is 1.61. The highest BCUT2D eigenvalue weighted by Gasteiger charge is 2.21. The zero-order valence-electron chi connectivity index (χ0n) is 10.4. The van der Waals surface area contributed by atoms with Gasteiger partial charge in [-0.2, -0.15) is 0 Å². The van der Waals surface area contributed by atoms with E-state index in [2.05, 4.69) is 5.32 Å². The first-order valence-corrected chi connectivity index (χ1v) is 7.05. The second-order valence-corrected chi connectivity index (χ2v) is 5.28. The fourth-order valence-electron chi connectivity index (χ4n) is 2.58. The molecule has 2 heterocycles. The van der Waals surface area contributed by atoms with Crippen LogP contribution in [0, 0.1) is 0 Å². The Labute approximate surface area is 112 Å². The third-order valence-corrected chi connectivity index (χ3v) is 3.88. The maximum absolute atomic E-state index is 6.37. The van der Waals surface area contributed by atoms with Gasteiger partial charge in [-0.25, -0.2) is 0 Å². The Morgan fingerprint density at radius 1 is 1.06 bits per heavy atom. The highest BCUT2D eigenvalue weighted by molar-refractivity contribution is 6.31. The molecule has 1 aromatic rings. The molecule has 2 aliphatic heterocycles. The number of benzene rings is 1. The number of ether oxygens (including phenoxy) is 2. The molecule has 0 aliphatic carbocycles. The monoisotopic (exact) mass is 267 g/mol. The number of hydrogen-bond acceptors (Lipinski definition) is 3. The number of hydrogen-bond donors (Lipinski definition) is 1. The normalized spacial score (nSPS) is 23.5. The van der Waals surface area contributed by atoms with Crippen molar-refractivity contribution < 1.29 is 9.47 Å². The Bertz CT molecular complexity index is 430. The Morgan fingerprint density at radius 2 is 1.83 bits per heavy atom. The lowest BCUT2D eigenvalue weighted by Gasteiger charge is -2.25. The van der Waals surface area contributed by atoms with Crippen LogP contribution < -0.4 is 14.8 Å². The number of piperidine rings is 1. The zero-order chi connectivity index (χ0) is 12.4. The summed E-state index contributed by atoms with van der Waals surface area (Å²) in [6.45, 7) is 2.48. The molecule has 0 radical (unpaired) electrons. The van der Waals surface area contributed by atoms with Gasteiger partial charge >= 0.3 is 0 Å². The van der Waals surface area contributed by atoms with Crippen LogP contribution in [0.15, 0.2) is 12.1 Å². The van der Waals surface area contributed by atoms with Crippen molar-refractivity contribution in [1.82, 2.24) is 5.32 Å². The van der Waals surface area contributed by atoms with E-state index in [1.54, 1.807) is 0 Å². The van der Waals surface area contributed by atoms with Crippen LogP contribution in [0.4, 0.5) is 0 Å². The summed E-state index contributed by atoms with van der Waals surface area (Å²) < 4.78 is 11.4. The van der Waals surface area contributed by atoms with Crippen LogP contribution in [0.5, 0.6) is 11.5 Å². The fourth-order valence-corrected chi connectivity index (χ4v) is 2.87. The molecular weight excluding hydrogens is 250 g/mol. The van der Waals surface area contributed by atoms with Gasteiger partial charge in [0.25, 0.3) is 0 Å². The van der Waals surface area contributed by atoms with Gasteiger partial charge in [-0.1, -0.05) is 18.0 Å². The summed E-state index contributed by atoms with van der Waals surface area (Å²) in [6.07, 6.45) is 4.56. The van der Waals surface area contributed by atoms with Gasteiger partial charge in [0.2, 0.25) is 0 Å². The summed E-state index contributed by atoms with van der Waals surface area (Å²) in [6, 6.07) is 4.29. The van der Waals surface area contributed by atoms with Crippen LogP contribution >= 0.6 is 11.6 Å². The number of rotatable bonds is 1.